The number of Topliss-reactive ketones (excluding diaryl/α,β-unsaturated/α-hetero) is 1. The van der Waals surface area contributed by atoms with Crippen LogP contribution in [-0.2, 0) is 19.1 Å². The second-order valence-electron chi connectivity index (χ2n) is 9.36. The Balaban J connectivity index is 1.72. The summed E-state index contributed by atoms with van der Waals surface area (Å²) in [6.45, 7) is 1.85. The molecule has 0 N–H and O–H groups in total. The van der Waals surface area contributed by atoms with Crippen molar-refractivity contribution in [1.29, 1.82) is 0 Å². The van der Waals surface area contributed by atoms with Gasteiger partial charge in [0.05, 0.1) is 20.8 Å². The Hall–Kier alpha value is -3.98. The van der Waals surface area contributed by atoms with Crippen LogP contribution in [-0.4, -0.2) is 38.5 Å². The first-order chi connectivity index (χ1) is 18.9. The number of carbonyl (C=O) groups is 3. The van der Waals surface area contributed by atoms with Gasteiger partial charge in [0.2, 0.25) is 5.91 Å². The summed E-state index contributed by atoms with van der Waals surface area (Å²) in [6.07, 6.45) is 0.245. The van der Waals surface area contributed by atoms with Gasteiger partial charge in [-0.1, -0.05) is 12.1 Å². The number of hydrogen-bond acceptors (Lipinski definition) is 7. The molecule has 39 heavy (non-hydrogen) atoms. The Morgan fingerprint density at radius 3 is 2.41 bits per heavy atom. The van der Waals surface area contributed by atoms with Crippen LogP contribution < -0.4 is 14.4 Å². The van der Waals surface area contributed by atoms with Gasteiger partial charge in [-0.2, -0.15) is 0 Å². The maximum Gasteiger partial charge on any atom is 0.317 e. The Bertz CT molecular complexity index is 1430. The zero-order valence-electron chi connectivity index (χ0n) is 21.8. The number of benzene rings is 2. The van der Waals surface area contributed by atoms with E-state index in [1.54, 1.807) is 25.1 Å². The number of ketones is 1. The quantitative estimate of drug-likeness (QED) is 0.281. The van der Waals surface area contributed by atoms with Gasteiger partial charge in [0.25, 0.3) is 0 Å². The number of hydrogen-bond donors (Lipinski definition) is 0. The Morgan fingerprint density at radius 2 is 1.77 bits per heavy atom. The first-order valence-electron chi connectivity index (χ1n) is 12.7. The third kappa shape index (κ3) is 4.83. The third-order valence-electron chi connectivity index (χ3n) is 7.26. The van der Waals surface area contributed by atoms with Gasteiger partial charge in [-0.05, 0) is 66.8 Å². The largest absolute Gasteiger partial charge is 0.493 e. The molecule has 3 unspecified atom stereocenters. The van der Waals surface area contributed by atoms with E-state index in [1.807, 2.05) is 17.5 Å². The average molecular weight is 550 g/mol. The van der Waals surface area contributed by atoms with E-state index in [9.17, 15) is 18.8 Å². The van der Waals surface area contributed by atoms with Crippen LogP contribution in [0.2, 0.25) is 0 Å². The lowest BCUT2D eigenvalue weighted by molar-refractivity contribution is -0.152. The predicted octanol–water partition coefficient (Wildman–Crippen LogP) is 5.61. The summed E-state index contributed by atoms with van der Waals surface area (Å²) in [5.74, 6) is -2.79. The van der Waals surface area contributed by atoms with Crippen LogP contribution in [0, 0.1) is 11.7 Å². The van der Waals surface area contributed by atoms with Crippen LogP contribution >= 0.6 is 11.3 Å². The van der Waals surface area contributed by atoms with Gasteiger partial charge in [0, 0.05) is 40.1 Å². The highest BCUT2D eigenvalue weighted by atomic mass is 32.1. The lowest BCUT2D eigenvalue weighted by atomic mass is 9.69. The third-order valence-corrected chi connectivity index (χ3v) is 8.27. The van der Waals surface area contributed by atoms with Crippen LogP contribution in [0.15, 0.2) is 71.2 Å². The average Bonchev–Trinajstić information content (AvgIpc) is 3.48. The van der Waals surface area contributed by atoms with Crippen molar-refractivity contribution in [2.75, 3.05) is 25.7 Å². The van der Waals surface area contributed by atoms with Crippen molar-refractivity contribution < 1.29 is 33.0 Å². The summed E-state index contributed by atoms with van der Waals surface area (Å²) in [6, 6.07) is 14.7. The van der Waals surface area contributed by atoms with E-state index in [1.165, 1.54) is 54.7 Å². The SMILES string of the molecule is CCOC(=O)C1C(=O)C2=C(CC1c1cccs1)N(c1ccc(F)cc1)C(=O)CC2c1ccc(OC)c(OC)c1. The minimum Gasteiger partial charge on any atom is -0.493 e. The standard InChI is InChI=1S/C30H28FNO6S/c1-4-38-30(35)28-21(25-6-5-13-39-25)15-22-27(29(28)34)20(17-7-12-23(36-2)24(14-17)37-3)16-26(33)32(22)19-10-8-18(31)9-11-19/h5-14,20-21,28H,4,15-16H2,1-3H3. The molecule has 0 radical (unpaired) electrons. The van der Waals surface area contributed by atoms with Gasteiger partial charge in [-0.3, -0.25) is 19.3 Å². The molecule has 1 aliphatic carbocycles. The fraction of sp³-hybridized carbons (Fsp3) is 0.300. The van der Waals surface area contributed by atoms with E-state index < -0.39 is 29.5 Å². The summed E-state index contributed by atoms with van der Waals surface area (Å²) in [5, 5.41) is 1.89. The molecule has 1 amide bonds. The molecule has 2 heterocycles. The lowest BCUT2D eigenvalue weighted by Gasteiger charge is -2.42. The van der Waals surface area contributed by atoms with Crippen LogP contribution in [0.5, 0.6) is 11.5 Å². The number of esters is 1. The Kier molecular flexibility index (Phi) is 7.52. The normalized spacial score (nSPS) is 21.0. The van der Waals surface area contributed by atoms with Crippen molar-refractivity contribution in [3.63, 3.8) is 0 Å². The zero-order valence-corrected chi connectivity index (χ0v) is 22.6. The maximum absolute atomic E-state index is 14.4. The number of nitrogens with zero attached hydrogens (tertiary/aromatic N) is 1. The molecule has 1 aliphatic heterocycles. The molecule has 2 aliphatic rings. The van der Waals surface area contributed by atoms with Gasteiger partial charge in [0.1, 0.15) is 11.7 Å². The first kappa shape index (κ1) is 26.6. The molecular weight excluding hydrogens is 521 g/mol. The van der Waals surface area contributed by atoms with Crippen molar-refractivity contribution in [2.24, 2.45) is 5.92 Å². The number of rotatable bonds is 7. The second-order valence-corrected chi connectivity index (χ2v) is 10.3. The first-order valence-corrected chi connectivity index (χ1v) is 13.5. The minimum absolute atomic E-state index is 0.0172. The van der Waals surface area contributed by atoms with Gasteiger partial charge in [-0.25, -0.2) is 4.39 Å². The second kappa shape index (κ2) is 11.0. The molecule has 1 aromatic heterocycles. The van der Waals surface area contributed by atoms with Crippen LogP contribution in [0.3, 0.4) is 0 Å². The molecule has 9 heteroatoms. The van der Waals surface area contributed by atoms with Gasteiger partial charge < -0.3 is 14.2 Å². The Morgan fingerprint density at radius 1 is 1.03 bits per heavy atom. The summed E-state index contributed by atoms with van der Waals surface area (Å²) >= 11 is 1.45. The molecule has 2 aromatic carbocycles. The van der Waals surface area contributed by atoms with E-state index in [4.69, 9.17) is 14.2 Å². The summed E-state index contributed by atoms with van der Waals surface area (Å²) in [7, 11) is 3.05. The molecular formula is C30H28FNO6S. The van der Waals surface area contributed by atoms with E-state index in [0.717, 1.165) is 4.88 Å². The lowest BCUT2D eigenvalue weighted by Crippen LogP contribution is -2.46. The highest BCUT2D eigenvalue weighted by molar-refractivity contribution is 7.10. The van der Waals surface area contributed by atoms with Gasteiger partial charge in [0.15, 0.2) is 17.3 Å². The monoisotopic (exact) mass is 549 g/mol. The van der Waals surface area contributed by atoms with Crippen LogP contribution in [0.4, 0.5) is 10.1 Å². The summed E-state index contributed by atoms with van der Waals surface area (Å²) in [5.41, 5.74) is 2.06. The molecule has 3 aromatic rings. The summed E-state index contributed by atoms with van der Waals surface area (Å²) < 4.78 is 30.0. The van der Waals surface area contributed by atoms with E-state index >= 15 is 0 Å². The van der Waals surface area contributed by atoms with Gasteiger partial charge >= 0.3 is 5.97 Å². The van der Waals surface area contributed by atoms with Crippen molar-refractivity contribution in [3.05, 3.63) is 87.5 Å². The maximum atomic E-state index is 14.4. The fourth-order valence-electron chi connectivity index (χ4n) is 5.55. The number of amides is 1. The van der Waals surface area contributed by atoms with Crippen molar-refractivity contribution >= 4 is 34.7 Å². The molecule has 0 bridgehead atoms. The number of methoxy groups -OCH3 is 2. The molecule has 3 atom stereocenters. The topological polar surface area (TPSA) is 82.1 Å². The molecule has 0 spiro atoms. The van der Waals surface area contributed by atoms with Crippen molar-refractivity contribution in [3.8, 4) is 11.5 Å². The number of halogens is 1. The predicted molar refractivity (Wildman–Crippen MR) is 145 cm³/mol. The minimum atomic E-state index is -1.05. The zero-order chi connectivity index (χ0) is 27.7. The Labute approximate surface area is 229 Å². The number of thiophene rings is 1. The molecule has 0 saturated carbocycles. The van der Waals surface area contributed by atoms with Crippen LogP contribution in [0.25, 0.3) is 0 Å². The van der Waals surface area contributed by atoms with Crippen molar-refractivity contribution in [1.82, 2.24) is 0 Å². The number of carbonyl (C=O) groups excluding carboxylic acids is 3. The molecule has 202 valence electrons. The van der Waals surface area contributed by atoms with Gasteiger partial charge in [-0.15, -0.1) is 11.3 Å². The van der Waals surface area contributed by atoms with E-state index in [2.05, 4.69) is 0 Å². The van der Waals surface area contributed by atoms with Crippen LogP contribution in [0.1, 0.15) is 42.0 Å². The van der Waals surface area contributed by atoms with E-state index in [-0.39, 0.29) is 31.1 Å². The van der Waals surface area contributed by atoms with E-state index in [0.29, 0.717) is 34.0 Å². The van der Waals surface area contributed by atoms with Crippen molar-refractivity contribution in [2.45, 2.75) is 31.6 Å². The highest BCUT2D eigenvalue weighted by Gasteiger charge is 2.50. The molecule has 7 nitrogen and oxygen atoms in total. The number of anilines is 1. The molecule has 0 saturated heterocycles. The fourth-order valence-corrected chi connectivity index (χ4v) is 6.41. The smallest absolute Gasteiger partial charge is 0.317 e. The summed E-state index contributed by atoms with van der Waals surface area (Å²) in [4.78, 5) is 43.7. The highest BCUT2D eigenvalue weighted by Crippen LogP contribution is 2.50. The molecule has 5 rings (SSSR count). The number of ether oxygens (including phenoxy) is 3. The number of allylic oxidation sites excluding steroid dienone is 2. The molecule has 0 fully saturated rings.